The van der Waals surface area contributed by atoms with Crippen LogP contribution in [0.15, 0.2) is 24.3 Å². The molecule has 1 fully saturated rings. The number of hydrogen-bond donors (Lipinski definition) is 1. The second-order valence-electron chi connectivity index (χ2n) is 7.84. The minimum absolute atomic E-state index is 0.111. The van der Waals surface area contributed by atoms with E-state index in [9.17, 15) is 0 Å². The van der Waals surface area contributed by atoms with Crippen molar-refractivity contribution in [3.8, 4) is 0 Å². The summed E-state index contributed by atoms with van der Waals surface area (Å²) in [5, 5.41) is 5.66. The van der Waals surface area contributed by atoms with Crippen LogP contribution >= 0.6 is 22.9 Å². The Kier molecular flexibility index (Phi) is 5.43. The van der Waals surface area contributed by atoms with Crippen LogP contribution in [-0.4, -0.2) is 41.2 Å². The first-order chi connectivity index (χ1) is 14.2. The highest BCUT2D eigenvalue weighted by atomic mass is 35.5. The topological polar surface area (TPSA) is 50.3 Å². The van der Waals surface area contributed by atoms with E-state index < -0.39 is 0 Å². The average molecular weight is 429 g/mol. The van der Waals surface area contributed by atoms with E-state index in [0.29, 0.717) is 0 Å². The van der Waals surface area contributed by atoms with Crippen molar-refractivity contribution in [2.45, 2.75) is 38.8 Å². The van der Waals surface area contributed by atoms with Crippen LogP contribution < -0.4 is 5.32 Å². The molecule has 1 atom stereocenters. The van der Waals surface area contributed by atoms with Crippen LogP contribution in [0.4, 0.5) is 5.82 Å². The summed E-state index contributed by atoms with van der Waals surface area (Å²) in [6.07, 6.45) is 3.52. The molecule has 5 rings (SSSR count). The highest BCUT2D eigenvalue weighted by Crippen LogP contribution is 2.40. The Bertz CT molecular complexity index is 1030. The number of fused-ring (bicyclic) bond motifs is 3. The predicted octanol–water partition coefficient (Wildman–Crippen LogP) is 4.84. The molecule has 0 unspecified atom stereocenters. The fourth-order valence-electron chi connectivity index (χ4n) is 4.24. The molecule has 1 aliphatic carbocycles. The first kappa shape index (κ1) is 19.2. The van der Waals surface area contributed by atoms with Gasteiger partial charge in [0.05, 0.1) is 31.2 Å². The van der Waals surface area contributed by atoms with Gasteiger partial charge >= 0.3 is 0 Å². The van der Waals surface area contributed by atoms with Gasteiger partial charge in [-0.3, -0.25) is 4.90 Å². The summed E-state index contributed by atoms with van der Waals surface area (Å²) in [4.78, 5) is 14.9. The zero-order valence-corrected chi connectivity index (χ0v) is 18.2. The Morgan fingerprint density at radius 3 is 2.93 bits per heavy atom. The molecule has 0 amide bonds. The van der Waals surface area contributed by atoms with Crippen LogP contribution in [-0.2, 0) is 24.1 Å². The van der Waals surface area contributed by atoms with Gasteiger partial charge in [-0.25, -0.2) is 9.97 Å². The van der Waals surface area contributed by atoms with Crippen LogP contribution in [0, 0.1) is 0 Å². The zero-order chi connectivity index (χ0) is 19.8. The fourth-order valence-corrected chi connectivity index (χ4v) is 5.72. The van der Waals surface area contributed by atoms with E-state index in [1.54, 1.807) is 0 Å². The van der Waals surface area contributed by atoms with E-state index in [0.717, 1.165) is 66.3 Å². The third-order valence-electron chi connectivity index (χ3n) is 5.78. The number of aromatic nitrogens is 2. The predicted molar refractivity (Wildman–Crippen MR) is 119 cm³/mol. The summed E-state index contributed by atoms with van der Waals surface area (Å²) in [6.45, 7) is 6.36. The quantitative estimate of drug-likeness (QED) is 0.630. The Morgan fingerprint density at radius 1 is 1.24 bits per heavy atom. The molecule has 1 aromatic carbocycles. The maximum absolute atomic E-state index is 6.21. The van der Waals surface area contributed by atoms with Crippen molar-refractivity contribution in [2.24, 2.45) is 0 Å². The molecule has 0 spiro atoms. The summed E-state index contributed by atoms with van der Waals surface area (Å²) < 4.78 is 5.48. The molecule has 7 heteroatoms. The van der Waals surface area contributed by atoms with Crippen molar-refractivity contribution in [3.05, 3.63) is 51.1 Å². The first-order valence-corrected chi connectivity index (χ1v) is 11.5. The van der Waals surface area contributed by atoms with Gasteiger partial charge in [-0.1, -0.05) is 23.7 Å². The average Bonchev–Trinajstić information content (AvgIpc) is 3.29. The van der Waals surface area contributed by atoms with Crippen molar-refractivity contribution >= 4 is 39.0 Å². The number of aryl methyl sites for hydroxylation is 2. The summed E-state index contributed by atoms with van der Waals surface area (Å²) in [7, 11) is 0. The molecular formula is C22H25ClN4OS. The highest BCUT2D eigenvalue weighted by molar-refractivity contribution is 7.19. The largest absolute Gasteiger partial charge is 0.379 e. The van der Waals surface area contributed by atoms with E-state index in [1.807, 2.05) is 29.5 Å². The smallest absolute Gasteiger partial charge is 0.146 e. The lowest BCUT2D eigenvalue weighted by molar-refractivity contribution is 0.0331. The molecular weight excluding hydrogens is 404 g/mol. The third-order valence-corrected chi connectivity index (χ3v) is 7.20. The summed E-state index contributed by atoms with van der Waals surface area (Å²) in [5.74, 6) is 1.85. The lowest BCUT2D eigenvalue weighted by Crippen LogP contribution is -2.36. The first-order valence-electron chi connectivity index (χ1n) is 10.3. The van der Waals surface area contributed by atoms with Gasteiger partial charge in [0, 0.05) is 23.0 Å². The van der Waals surface area contributed by atoms with E-state index in [4.69, 9.17) is 26.3 Å². The highest BCUT2D eigenvalue weighted by Gasteiger charge is 2.24. The summed E-state index contributed by atoms with van der Waals surface area (Å²) in [6, 6.07) is 8.14. The van der Waals surface area contributed by atoms with E-state index in [-0.39, 0.29) is 6.04 Å². The number of morpholine rings is 1. The number of thiophene rings is 1. The molecule has 29 heavy (non-hydrogen) atoms. The maximum Gasteiger partial charge on any atom is 0.146 e. The van der Waals surface area contributed by atoms with E-state index >= 15 is 0 Å². The van der Waals surface area contributed by atoms with Crippen LogP contribution in [0.3, 0.4) is 0 Å². The minimum atomic E-state index is 0.111. The molecule has 3 heterocycles. The molecule has 3 aromatic rings. The fraction of sp³-hybridized carbons (Fsp3) is 0.455. The van der Waals surface area contributed by atoms with Gasteiger partial charge in [0.15, 0.2) is 0 Å². The Labute approximate surface area is 180 Å². The number of benzene rings is 1. The molecule has 2 aliphatic rings. The molecule has 2 aromatic heterocycles. The summed E-state index contributed by atoms with van der Waals surface area (Å²) in [5.41, 5.74) is 2.61. The van der Waals surface area contributed by atoms with Crippen molar-refractivity contribution in [1.82, 2.24) is 14.9 Å². The van der Waals surface area contributed by atoms with Gasteiger partial charge in [0.25, 0.3) is 0 Å². The van der Waals surface area contributed by atoms with Crippen molar-refractivity contribution in [3.63, 3.8) is 0 Å². The second-order valence-corrected chi connectivity index (χ2v) is 9.36. The Hall–Kier alpha value is -1.73. The number of hydrogen-bond acceptors (Lipinski definition) is 6. The number of ether oxygens (including phenoxy) is 1. The van der Waals surface area contributed by atoms with Gasteiger partial charge in [-0.05, 0) is 49.4 Å². The lowest BCUT2D eigenvalue weighted by Gasteiger charge is -2.26. The second kappa shape index (κ2) is 8.19. The van der Waals surface area contributed by atoms with E-state index in [1.165, 1.54) is 28.7 Å². The maximum atomic E-state index is 6.21. The normalized spacial score (nSPS) is 18.1. The van der Waals surface area contributed by atoms with Crippen molar-refractivity contribution < 1.29 is 4.74 Å². The number of rotatable bonds is 5. The minimum Gasteiger partial charge on any atom is -0.379 e. The van der Waals surface area contributed by atoms with E-state index in [2.05, 4.69) is 23.2 Å². The molecule has 5 nitrogen and oxygen atoms in total. The molecule has 0 saturated carbocycles. The standard InChI is InChI=1S/C22H25ClN4OS/c1-14(15-4-2-5-16(23)12-15)24-21-20-17-6-3-7-18(17)29-22(20)26-19(25-21)13-27-8-10-28-11-9-27/h2,4-5,12,14H,3,6-11,13H2,1H3,(H,24,25,26)/t14-/m0/s1. The number of halogens is 1. The van der Waals surface area contributed by atoms with Crippen LogP contribution in [0.2, 0.25) is 5.02 Å². The Balaban J connectivity index is 1.50. The molecule has 152 valence electrons. The van der Waals surface area contributed by atoms with Gasteiger partial charge < -0.3 is 10.1 Å². The molecule has 1 N–H and O–H groups in total. The molecule has 1 aliphatic heterocycles. The third kappa shape index (κ3) is 3.99. The van der Waals surface area contributed by atoms with Gasteiger partial charge in [-0.2, -0.15) is 0 Å². The molecule has 1 saturated heterocycles. The van der Waals surface area contributed by atoms with Crippen LogP contribution in [0.5, 0.6) is 0 Å². The molecule has 0 radical (unpaired) electrons. The monoisotopic (exact) mass is 428 g/mol. The number of nitrogens with one attached hydrogen (secondary N) is 1. The van der Waals surface area contributed by atoms with Crippen molar-refractivity contribution in [2.75, 3.05) is 31.6 Å². The van der Waals surface area contributed by atoms with Crippen molar-refractivity contribution in [1.29, 1.82) is 0 Å². The molecule has 0 bridgehead atoms. The summed E-state index contributed by atoms with van der Waals surface area (Å²) >= 11 is 8.06. The SMILES string of the molecule is C[C@H](Nc1nc(CN2CCOCC2)nc2sc3c(c12)CCC3)c1cccc(Cl)c1. The lowest BCUT2D eigenvalue weighted by atomic mass is 10.1. The number of nitrogens with zero attached hydrogens (tertiary/aromatic N) is 3. The van der Waals surface area contributed by atoms with Crippen LogP contribution in [0.25, 0.3) is 10.2 Å². The number of anilines is 1. The zero-order valence-electron chi connectivity index (χ0n) is 16.6. The van der Waals surface area contributed by atoms with Crippen LogP contribution in [0.1, 0.15) is 41.2 Å². The Morgan fingerprint density at radius 2 is 2.10 bits per heavy atom. The van der Waals surface area contributed by atoms with Gasteiger partial charge in [0.1, 0.15) is 16.5 Å². The van der Waals surface area contributed by atoms with Gasteiger partial charge in [0.2, 0.25) is 0 Å². The van der Waals surface area contributed by atoms with Gasteiger partial charge in [-0.15, -0.1) is 11.3 Å².